The molecule has 0 unspecified atom stereocenters. The van der Waals surface area contributed by atoms with Gasteiger partial charge in [0.05, 0.1) is 6.61 Å². The zero-order chi connectivity index (χ0) is 10.3. The molecule has 0 spiro atoms. The van der Waals surface area contributed by atoms with Gasteiger partial charge in [0.15, 0.2) is 5.72 Å². The first kappa shape index (κ1) is 9.19. The van der Waals surface area contributed by atoms with Crippen LogP contribution in [0.5, 0.6) is 0 Å². The molecular formula is C12H15NO2. The Balaban J connectivity index is 1.95. The van der Waals surface area contributed by atoms with Gasteiger partial charge < -0.3 is 4.90 Å². The number of anilines is 1. The summed E-state index contributed by atoms with van der Waals surface area (Å²) >= 11 is 0. The van der Waals surface area contributed by atoms with E-state index >= 15 is 0 Å². The molecule has 0 N–H and O–H groups in total. The molecule has 3 rings (SSSR count). The molecular weight excluding hydrogens is 190 g/mol. The third-order valence-electron chi connectivity index (χ3n) is 3.56. The van der Waals surface area contributed by atoms with E-state index in [1.54, 1.807) is 0 Å². The minimum atomic E-state index is -0.263. The largest absolute Gasteiger partial charge is 0.341 e. The van der Waals surface area contributed by atoms with E-state index in [4.69, 9.17) is 9.78 Å². The van der Waals surface area contributed by atoms with Crippen LogP contribution in [0.15, 0.2) is 30.3 Å². The van der Waals surface area contributed by atoms with Crippen molar-refractivity contribution in [3.63, 3.8) is 0 Å². The van der Waals surface area contributed by atoms with Crippen LogP contribution in [0.3, 0.4) is 0 Å². The molecule has 2 saturated heterocycles. The molecule has 2 aliphatic heterocycles. The van der Waals surface area contributed by atoms with E-state index in [9.17, 15) is 0 Å². The van der Waals surface area contributed by atoms with Gasteiger partial charge in [0.25, 0.3) is 0 Å². The standard InChI is InChI=1S/C12H15NO2/c1-12-10(9-14-15-12)7-8-13(12)11-5-3-2-4-6-11/h2-6,10H,7-9H2,1H3/t10-,12+/m0/s1. The van der Waals surface area contributed by atoms with E-state index in [1.165, 1.54) is 5.69 Å². The van der Waals surface area contributed by atoms with Crippen molar-refractivity contribution >= 4 is 5.69 Å². The molecule has 1 aromatic rings. The predicted octanol–water partition coefficient (Wildman–Crippen LogP) is 2.19. The molecule has 2 atom stereocenters. The van der Waals surface area contributed by atoms with Gasteiger partial charge in [-0.15, -0.1) is 0 Å². The fourth-order valence-electron chi connectivity index (χ4n) is 2.57. The summed E-state index contributed by atoms with van der Waals surface area (Å²) in [5.74, 6) is 0.498. The number of para-hydroxylation sites is 1. The average Bonchev–Trinajstić information content (AvgIpc) is 2.75. The first-order valence-electron chi connectivity index (χ1n) is 5.44. The van der Waals surface area contributed by atoms with Gasteiger partial charge in [-0.25, -0.2) is 9.78 Å². The van der Waals surface area contributed by atoms with E-state index in [1.807, 2.05) is 6.07 Å². The number of fused-ring (bicyclic) bond motifs is 1. The molecule has 2 heterocycles. The Morgan fingerprint density at radius 1 is 1.33 bits per heavy atom. The summed E-state index contributed by atoms with van der Waals surface area (Å²) in [6.07, 6.45) is 1.14. The minimum Gasteiger partial charge on any atom is -0.341 e. The topological polar surface area (TPSA) is 21.7 Å². The maximum absolute atomic E-state index is 5.46. The molecule has 15 heavy (non-hydrogen) atoms. The van der Waals surface area contributed by atoms with Gasteiger partial charge in [0, 0.05) is 18.2 Å². The second kappa shape index (κ2) is 3.22. The number of benzene rings is 1. The molecule has 1 aromatic carbocycles. The van der Waals surface area contributed by atoms with Crippen molar-refractivity contribution in [2.75, 3.05) is 18.1 Å². The lowest BCUT2D eigenvalue weighted by molar-refractivity contribution is -0.303. The van der Waals surface area contributed by atoms with E-state index in [-0.39, 0.29) is 5.72 Å². The van der Waals surface area contributed by atoms with Crippen LogP contribution in [0.2, 0.25) is 0 Å². The highest BCUT2D eigenvalue weighted by Gasteiger charge is 2.51. The highest BCUT2D eigenvalue weighted by molar-refractivity contribution is 5.49. The summed E-state index contributed by atoms with van der Waals surface area (Å²) in [6.45, 7) is 3.89. The Kier molecular flexibility index (Phi) is 1.97. The number of nitrogens with zero attached hydrogens (tertiary/aromatic N) is 1. The van der Waals surface area contributed by atoms with E-state index < -0.39 is 0 Å². The molecule has 80 valence electrons. The van der Waals surface area contributed by atoms with Crippen LogP contribution < -0.4 is 4.90 Å². The molecule has 2 fully saturated rings. The van der Waals surface area contributed by atoms with Crippen molar-refractivity contribution in [3.8, 4) is 0 Å². The summed E-state index contributed by atoms with van der Waals surface area (Å²) in [5, 5.41) is 0. The zero-order valence-electron chi connectivity index (χ0n) is 8.85. The first-order chi connectivity index (χ1) is 7.31. The van der Waals surface area contributed by atoms with E-state index in [0.717, 1.165) is 19.6 Å². The lowest BCUT2D eigenvalue weighted by atomic mass is 10.00. The van der Waals surface area contributed by atoms with E-state index in [2.05, 4.69) is 36.1 Å². The zero-order valence-corrected chi connectivity index (χ0v) is 8.85. The number of hydrogen-bond acceptors (Lipinski definition) is 3. The smallest absolute Gasteiger partial charge is 0.177 e. The highest BCUT2D eigenvalue weighted by Crippen LogP contribution is 2.43. The van der Waals surface area contributed by atoms with Crippen molar-refractivity contribution in [1.29, 1.82) is 0 Å². The molecule has 2 aliphatic rings. The minimum absolute atomic E-state index is 0.263. The van der Waals surface area contributed by atoms with Crippen LogP contribution in [0.25, 0.3) is 0 Å². The Morgan fingerprint density at radius 2 is 2.13 bits per heavy atom. The van der Waals surface area contributed by atoms with Crippen LogP contribution in [-0.2, 0) is 9.78 Å². The van der Waals surface area contributed by atoms with Crippen LogP contribution in [-0.4, -0.2) is 18.9 Å². The van der Waals surface area contributed by atoms with Crippen LogP contribution in [0.4, 0.5) is 5.69 Å². The number of rotatable bonds is 1. The fourth-order valence-corrected chi connectivity index (χ4v) is 2.57. The second-order valence-corrected chi connectivity index (χ2v) is 4.40. The average molecular weight is 205 g/mol. The Bertz CT molecular complexity index is 354. The Morgan fingerprint density at radius 3 is 2.93 bits per heavy atom. The molecule has 0 bridgehead atoms. The summed E-state index contributed by atoms with van der Waals surface area (Å²) in [6, 6.07) is 10.4. The van der Waals surface area contributed by atoms with Crippen molar-refractivity contribution in [3.05, 3.63) is 30.3 Å². The van der Waals surface area contributed by atoms with Crippen LogP contribution >= 0.6 is 0 Å². The summed E-state index contributed by atoms with van der Waals surface area (Å²) in [5.41, 5.74) is 0.953. The maximum atomic E-state index is 5.46. The van der Waals surface area contributed by atoms with Crippen molar-refractivity contribution in [2.24, 2.45) is 5.92 Å². The third kappa shape index (κ3) is 1.27. The monoisotopic (exact) mass is 205 g/mol. The maximum Gasteiger partial charge on any atom is 0.177 e. The quantitative estimate of drug-likeness (QED) is 0.656. The Hall–Kier alpha value is -1.06. The molecule has 0 saturated carbocycles. The summed E-state index contributed by atoms with van der Waals surface area (Å²) < 4.78 is 0. The van der Waals surface area contributed by atoms with Gasteiger partial charge in [-0.3, -0.25) is 0 Å². The van der Waals surface area contributed by atoms with Crippen LogP contribution in [0.1, 0.15) is 13.3 Å². The summed E-state index contributed by atoms with van der Waals surface area (Å²) in [7, 11) is 0. The molecule has 0 radical (unpaired) electrons. The SMILES string of the molecule is C[C@@]12OOC[C@@H]1CCN2c1ccccc1. The molecule has 0 amide bonds. The number of hydrogen-bond donors (Lipinski definition) is 0. The van der Waals surface area contributed by atoms with Gasteiger partial charge in [-0.2, -0.15) is 0 Å². The normalized spacial score (nSPS) is 34.5. The van der Waals surface area contributed by atoms with Gasteiger partial charge in [0.2, 0.25) is 0 Å². The van der Waals surface area contributed by atoms with Gasteiger partial charge in [-0.05, 0) is 25.5 Å². The van der Waals surface area contributed by atoms with Crippen molar-refractivity contribution in [2.45, 2.75) is 19.1 Å². The molecule has 0 aliphatic carbocycles. The van der Waals surface area contributed by atoms with Crippen molar-refractivity contribution in [1.82, 2.24) is 0 Å². The third-order valence-corrected chi connectivity index (χ3v) is 3.56. The lowest BCUT2D eigenvalue weighted by Crippen LogP contribution is -2.44. The van der Waals surface area contributed by atoms with Gasteiger partial charge in [0.1, 0.15) is 0 Å². The molecule has 0 aromatic heterocycles. The lowest BCUT2D eigenvalue weighted by Gasteiger charge is -2.33. The van der Waals surface area contributed by atoms with Gasteiger partial charge >= 0.3 is 0 Å². The van der Waals surface area contributed by atoms with Crippen LogP contribution in [0, 0.1) is 5.92 Å². The van der Waals surface area contributed by atoms with Gasteiger partial charge in [-0.1, -0.05) is 18.2 Å². The Labute approximate surface area is 89.5 Å². The highest BCUT2D eigenvalue weighted by atomic mass is 17.2. The summed E-state index contributed by atoms with van der Waals surface area (Å²) in [4.78, 5) is 12.9. The first-order valence-corrected chi connectivity index (χ1v) is 5.44. The molecule has 3 heteroatoms. The van der Waals surface area contributed by atoms with E-state index in [0.29, 0.717) is 5.92 Å². The predicted molar refractivity (Wildman–Crippen MR) is 57.3 cm³/mol. The molecule has 3 nitrogen and oxygen atoms in total. The van der Waals surface area contributed by atoms with Crippen molar-refractivity contribution < 1.29 is 9.78 Å². The second-order valence-electron chi connectivity index (χ2n) is 4.40. The fraction of sp³-hybridized carbons (Fsp3) is 0.500.